The number of aromatic amines is 1. The second-order valence-corrected chi connectivity index (χ2v) is 7.08. The van der Waals surface area contributed by atoms with E-state index in [-0.39, 0.29) is 29.5 Å². The molecule has 3 aromatic rings. The van der Waals surface area contributed by atoms with Crippen molar-refractivity contribution in [1.29, 1.82) is 0 Å². The lowest BCUT2D eigenvalue weighted by molar-refractivity contribution is 0.0776. The Labute approximate surface area is 167 Å². The normalized spacial score (nSPS) is 18.6. The Kier molecular flexibility index (Phi) is 5.03. The zero-order chi connectivity index (χ0) is 20.4. The molecule has 2 atom stereocenters. The maximum atomic E-state index is 12.9. The van der Waals surface area contributed by atoms with Crippen LogP contribution in [0, 0.1) is 13.8 Å². The number of aryl methyl sites for hydroxylation is 2. The number of carbonyl (C=O) groups excluding carboxylic acids is 2. The molecule has 0 aliphatic carbocycles. The summed E-state index contributed by atoms with van der Waals surface area (Å²) in [7, 11) is 0. The van der Waals surface area contributed by atoms with Crippen molar-refractivity contribution in [3.05, 3.63) is 71.3 Å². The van der Waals surface area contributed by atoms with Gasteiger partial charge in [0.2, 0.25) is 0 Å². The highest BCUT2D eigenvalue weighted by molar-refractivity contribution is 5.95. The first-order chi connectivity index (χ1) is 14.0. The fourth-order valence-corrected chi connectivity index (χ4v) is 3.41. The Bertz CT molecular complexity index is 1020. The Balaban J connectivity index is 1.56. The molecule has 1 aliphatic rings. The summed E-state index contributed by atoms with van der Waals surface area (Å²) in [5.41, 5.74) is 1.58. The van der Waals surface area contributed by atoms with Gasteiger partial charge in [0, 0.05) is 24.8 Å². The summed E-state index contributed by atoms with van der Waals surface area (Å²) < 4.78 is 0. The fourth-order valence-electron chi connectivity index (χ4n) is 3.41. The van der Waals surface area contributed by atoms with Crippen molar-refractivity contribution in [3.63, 3.8) is 0 Å². The topological polar surface area (TPSA) is 117 Å². The summed E-state index contributed by atoms with van der Waals surface area (Å²) in [5.74, 6) is 0.604. The molecule has 2 aromatic heterocycles. The standard InChI is InChI=1S/C20H21N7O2/c1-12-8-22-16(9-21-12)20(29)27-10-15(18-23-13(2)25-26-18)17(11-27)24-19(28)14-6-4-3-5-7-14/h3-9,15,17H,10-11H2,1-2H3,(H,24,28)(H,23,25,26)/t15-,17-/m1/s1. The van der Waals surface area contributed by atoms with Crippen molar-refractivity contribution in [1.82, 2.24) is 35.4 Å². The third kappa shape index (κ3) is 3.98. The molecule has 0 bridgehead atoms. The fraction of sp³-hybridized carbons (Fsp3) is 0.300. The highest BCUT2D eigenvalue weighted by atomic mass is 16.2. The average molecular weight is 391 g/mol. The smallest absolute Gasteiger partial charge is 0.274 e. The summed E-state index contributed by atoms with van der Waals surface area (Å²) in [6, 6.07) is 8.66. The largest absolute Gasteiger partial charge is 0.347 e. The number of H-pyrrole nitrogens is 1. The Morgan fingerprint density at radius 1 is 1.10 bits per heavy atom. The minimum Gasteiger partial charge on any atom is -0.347 e. The predicted molar refractivity (Wildman–Crippen MR) is 104 cm³/mol. The van der Waals surface area contributed by atoms with Crippen LogP contribution in [0.3, 0.4) is 0 Å². The summed E-state index contributed by atoms with van der Waals surface area (Å²) >= 11 is 0. The van der Waals surface area contributed by atoms with E-state index < -0.39 is 0 Å². The first-order valence-corrected chi connectivity index (χ1v) is 9.34. The van der Waals surface area contributed by atoms with E-state index in [0.717, 1.165) is 5.69 Å². The van der Waals surface area contributed by atoms with Crippen molar-refractivity contribution < 1.29 is 9.59 Å². The molecule has 1 fully saturated rings. The number of carbonyl (C=O) groups is 2. The molecule has 1 aliphatic heterocycles. The van der Waals surface area contributed by atoms with Gasteiger partial charge in [-0.05, 0) is 26.0 Å². The van der Waals surface area contributed by atoms with E-state index in [9.17, 15) is 9.59 Å². The number of likely N-dealkylation sites (tertiary alicyclic amines) is 1. The second-order valence-electron chi connectivity index (χ2n) is 7.08. The van der Waals surface area contributed by atoms with Crippen molar-refractivity contribution in [2.24, 2.45) is 0 Å². The molecule has 9 nitrogen and oxygen atoms in total. The molecule has 2 N–H and O–H groups in total. The van der Waals surface area contributed by atoms with Crippen LogP contribution in [0.2, 0.25) is 0 Å². The van der Waals surface area contributed by atoms with Crippen LogP contribution in [0.1, 0.15) is 44.1 Å². The number of benzene rings is 1. The summed E-state index contributed by atoms with van der Waals surface area (Å²) in [5, 5.41) is 10.1. The van der Waals surface area contributed by atoms with Gasteiger partial charge in [0.15, 0.2) is 5.82 Å². The van der Waals surface area contributed by atoms with E-state index in [1.807, 2.05) is 32.0 Å². The molecule has 1 saturated heterocycles. The maximum absolute atomic E-state index is 12.9. The van der Waals surface area contributed by atoms with Crippen LogP contribution < -0.4 is 5.32 Å². The van der Waals surface area contributed by atoms with E-state index in [2.05, 4.69) is 30.5 Å². The molecule has 0 saturated carbocycles. The van der Waals surface area contributed by atoms with Crippen molar-refractivity contribution in [2.45, 2.75) is 25.8 Å². The minimum absolute atomic E-state index is 0.197. The second kappa shape index (κ2) is 7.78. The number of rotatable bonds is 4. The van der Waals surface area contributed by atoms with Gasteiger partial charge >= 0.3 is 0 Å². The van der Waals surface area contributed by atoms with Crippen molar-refractivity contribution in [3.8, 4) is 0 Å². The first-order valence-electron chi connectivity index (χ1n) is 9.34. The zero-order valence-corrected chi connectivity index (χ0v) is 16.2. The van der Waals surface area contributed by atoms with Crippen LogP contribution in [0.5, 0.6) is 0 Å². The molecule has 2 amide bonds. The lowest BCUT2D eigenvalue weighted by Gasteiger charge is -2.17. The molecular formula is C20H21N7O2. The molecule has 0 spiro atoms. The summed E-state index contributed by atoms with van der Waals surface area (Å²) in [6.45, 7) is 4.35. The minimum atomic E-state index is -0.319. The van der Waals surface area contributed by atoms with E-state index in [0.29, 0.717) is 30.3 Å². The van der Waals surface area contributed by atoms with E-state index in [1.54, 1.807) is 23.2 Å². The van der Waals surface area contributed by atoms with Gasteiger partial charge in [0.25, 0.3) is 11.8 Å². The van der Waals surface area contributed by atoms with E-state index in [4.69, 9.17) is 0 Å². The molecule has 148 valence electrons. The molecule has 0 unspecified atom stereocenters. The van der Waals surface area contributed by atoms with Gasteiger partial charge in [-0.15, -0.1) is 0 Å². The highest BCUT2D eigenvalue weighted by Gasteiger charge is 2.40. The Hall–Kier alpha value is -3.62. The van der Waals surface area contributed by atoms with E-state index in [1.165, 1.54) is 6.20 Å². The van der Waals surface area contributed by atoms with Crippen LogP contribution >= 0.6 is 0 Å². The van der Waals surface area contributed by atoms with Crippen LogP contribution in [-0.4, -0.2) is 61.0 Å². The third-order valence-electron chi connectivity index (χ3n) is 4.91. The van der Waals surface area contributed by atoms with Crippen LogP contribution in [0.4, 0.5) is 0 Å². The molecule has 9 heteroatoms. The number of aromatic nitrogens is 5. The van der Waals surface area contributed by atoms with Gasteiger partial charge in [-0.1, -0.05) is 18.2 Å². The van der Waals surface area contributed by atoms with Crippen molar-refractivity contribution >= 4 is 11.8 Å². The highest BCUT2D eigenvalue weighted by Crippen LogP contribution is 2.26. The van der Waals surface area contributed by atoms with Gasteiger partial charge in [0.1, 0.15) is 11.5 Å². The SMILES string of the molecule is Cc1cnc(C(=O)N2C[C@@H](NC(=O)c3ccccc3)[C@H](c3n[nH]c(C)n3)C2)cn1. The number of hydrogen-bond acceptors (Lipinski definition) is 6. The van der Waals surface area contributed by atoms with Crippen LogP contribution in [0.15, 0.2) is 42.7 Å². The predicted octanol–water partition coefficient (Wildman–Crippen LogP) is 1.25. The van der Waals surface area contributed by atoms with Gasteiger partial charge in [-0.2, -0.15) is 5.10 Å². The number of nitrogens with one attached hydrogen (secondary N) is 2. The molecule has 3 heterocycles. The van der Waals surface area contributed by atoms with Gasteiger partial charge < -0.3 is 10.2 Å². The number of hydrogen-bond donors (Lipinski definition) is 2. The average Bonchev–Trinajstić information content (AvgIpc) is 3.35. The van der Waals surface area contributed by atoms with Gasteiger partial charge in [0.05, 0.1) is 23.9 Å². The molecule has 29 heavy (non-hydrogen) atoms. The number of amides is 2. The van der Waals surface area contributed by atoms with Gasteiger partial charge in [-0.25, -0.2) is 9.97 Å². The molecule has 4 rings (SSSR count). The molecule has 1 aromatic carbocycles. The third-order valence-corrected chi connectivity index (χ3v) is 4.91. The summed E-state index contributed by atoms with van der Waals surface area (Å²) in [6.07, 6.45) is 3.04. The zero-order valence-electron chi connectivity index (χ0n) is 16.2. The number of nitrogens with zero attached hydrogens (tertiary/aromatic N) is 5. The van der Waals surface area contributed by atoms with Crippen LogP contribution in [-0.2, 0) is 0 Å². The lowest BCUT2D eigenvalue weighted by atomic mass is 10.0. The first kappa shape index (κ1) is 18.7. The molecular weight excluding hydrogens is 370 g/mol. The van der Waals surface area contributed by atoms with Gasteiger partial charge in [-0.3, -0.25) is 19.7 Å². The van der Waals surface area contributed by atoms with Crippen LogP contribution in [0.25, 0.3) is 0 Å². The Morgan fingerprint density at radius 2 is 1.90 bits per heavy atom. The maximum Gasteiger partial charge on any atom is 0.274 e. The van der Waals surface area contributed by atoms with E-state index >= 15 is 0 Å². The molecule has 0 radical (unpaired) electrons. The quantitative estimate of drug-likeness (QED) is 0.691. The summed E-state index contributed by atoms with van der Waals surface area (Å²) in [4.78, 5) is 40.0. The Morgan fingerprint density at radius 3 is 2.55 bits per heavy atom. The lowest BCUT2D eigenvalue weighted by Crippen LogP contribution is -2.40. The monoisotopic (exact) mass is 391 g/mol. The van der Waals surface area contributed by atoms with Crippen molar-refractivity contribution in [2.75, 3.05) is 13.1 Å².